The quantitative estimate of drug-likeness (QED) is 0.611. The summed E-state index contributed by atoms with van der Waals surface area (Å²) in [6, 6.07) is 0.00770. The van der Waals surface area contributed by atoms with Gasteiger partial charge in [-0.1, -0.05) is 20.8 Å². The molecule has 0 saturated heterocycles. The Morgan fingerprint density at radius 2 is 2.00 bits per heavy atom. The second-order valence-corrected chi connectivity index (χ2v) is 5.15. The third kappa shape index (κ3) is 5.05. The maximum atomic E-state index is 11.8. The molecule has 0 spiro atoms. The Balaban J connectivity index is 2.61. The van der Waals surface area contributed by atoms with Gasteiger partial charge in [-0.3, -0.25) is 9.48 Å². The number of carbonyl (C=O) groups is 2. The molecule has 3 N–H and O–H groups in total. The molecule has 0 aliphatic heterocycles. The average Bonchev–Trinajstić information content (AvgIpc) is 2.87. The maximum absolute atomic E-state index is 11.8. The van der Waals surface area contributed by atoms with Crippen molar-refractivity contribution in [2.45, 2.75) is 58.9 Å². The molecule has 124 valence electrons. The van der Waals surface area contributed by atoms with Gasteiger partial charge < -0.3 is 15.7 Å². The predicted octanol–water partition coefficient (Wildman–Crippen LogP) is 2.79. The van der Waals surface area contributed by atoms with Crippen LogP contribution in [-0.4, -0.2) is 33.4 Å². The summed E-state index contributed by atoms with van der Waals surface area (Å²) >= 11 is 0. The topological polar surface area (TPSA) is 96.2 Å². The van der Waals surface area contributed by atoms with E-state index in [1.165, 1.54) is 0 Å². The zero-order valence-corrected chi connectivity index (χ0v) is 13.6. The van der Waals surface area contributed by atoms with Crippen molar-refractivity contribution in [1.82, 2.24) is 15.1 Å². The predicted molar refractivity (Wildman–Crippen MR) is 85.1 cm³/mol. The Kier molecular flexibility index (Phi) is 7.42. The number of carboxylic acids is 1. The van der Waals surface area contributed by atoms with Crippen molar-refractivity contribution in [3.05, 3.63) is 11.9 Å². The molecule has 0 fully saturated rings. The Bertz CT molecular complexity index is 495. The average molecular weight is 310 g/mol. The van der Waals surface area contributed by atoms with Crippen molar-refractivity contribution in [3.63, 3.8) is 0 Å². The van der Waals surface area contributed by atoms with Crippen LogP contribution in [0.15, 0.2) is 6.20 Å². The standard InChI is InChI=1S/C15H26N4O3/c1-4-11(5-2)19-13(6-3)12(10-17-19)18-15(22)16-9-7-8-14(20)21/h10-11H,4-9H2,1-3H3,(H,20,21)(H2,16,18,22). The largest absolute Gasteiger partial charge is 0.481 e. The Labute approximate surface area is 131 Å². The number of nitrogens with one attached hydrogen (secondary N) is 2. The molecule has 0 aliphatic rings. The van der Waals surface area contributed by atoms with Gasteiger partial charge in [-0.2, -0.15) is 5.10 Å². The van der Waals surface area contributed by atoms with E-state index >= 15 is 0 Å². The molecule has 1 aromatic rings. The van der Waals surface area contributed by atoms with Crippen molar-refractivity contribution in [1.29, 1.82) is 0 Å². The van der Waals surface area contributed by atoms with Crippen LogP contribution in [0.3, 0.4) is 0 Å². The van der Waals surface area contributed by atoms with Crippen molar-refractivity contribution < 1.29 is 14.7 Å². The Morgan fingerprint density at radius 1 is 1.32 bits per heavy atom. The van der Waals surface area contributed by atoms with E-state index in [0.29, 0.717) is 24.7 Å². The molecule has 7 heteroatoms. The number of urea groups is 1. The summed E-state index contributed by atoms with van der Waals surface area (Å²) in [4.78, 5) is 22.2. The fourth-order valence-corrected chi connectivity index (χ4v) is 2.40. The lowest BCUT2D eigenvalue weighted by molar-refractivity contribution is -0.137. The van der Waals surface area contributed by atoms with Crippen LogP contribution in [0.2, 0.25) is 0 Å². The van der Waals surface area contributed by atoms with E-state index in [-0.39, 0.29) is 12.5 Å². The van der Waals surface area contributed by atoms with Gasteiger partial charge in [-0.15, -0.1) is 0 Å². The number of aromatic nitrogens is 2. The third-order valence-electron chi connectivity index (χ3n) is 3.62. The monoisotopic (exact) mass is 310 g/mol. The van der Waals surface area contributed by atoms with Crippen LogP contribution in [-0.2, 0) is 11.2 Å². The molecule has 0 aliphatic carbocycles. The van der Waals surface area contributed by atoms with E-state index in [1.807, 2.05) is 11.6 Å². The maximum Gasteiger partial charge on any atom is 0.319 e. The first-order valence-corrected chi connectivity index (χ1v) is 7.86. The number of carbonyl (C=O) groups excluding carboxylic acids is 1. The Hall–Kier alpha value is -2.05. The van der Waals surface area contributed by atoms with Gasteiger partial charge in [-0.25, -0.2) is 4.79 Å². The highest BCUT2D eigenvalue weighted by atomic mass is 16.4. The van der Waals surface area contributed by atoms with Gasteiger partial charge in [0.1, 0.15) is 0 Å². The third-order valence-corrected chi connectivity index (χ3v) is 3.62. The minimum absolute atomic E-state index is 0.0487. The lowest BCUT2D eigenvalue weighted by atomic mass is 10.1. The van der Waals surface area contributed by atoms with Crippen LogP contribution in [0.1, 0.15) is 58.2 Å². The fourth-order valence-electron chi connectivity index (χ4n) is 2.40. The lowest BCUT2D eigenvalue weighted by Crippen LogP contribution is -2.30. The molecule has 0 radical (unpaired) electrons. The lowest BCUT2D eigenvalue weighted by Gasteiger charge is -2.17. The number of aliphatic carboxylic acids is 1. The number of amides is 2. The molecule has 22 heavy (non-hydrogen) atoms. The molecule has 1 rings (SSSR count). The van der Waals surface area contributed by atoms with E-state index in [0.717, 1.165) is 25.0 Å². The summed E-state index contributed by atoms with van der Waals surface area (Å²) in [6.45, 7) is 6.61. The molecule has 0 unspecified atom stereocenters. The number of rotatable bonds is 9. The first-order valence-electron chi connectivity index (χ1n) is 7.86. The highest BCUT2D eigenvalue weighted by Gasteiger charge is 2.16. The van der Waals surface area contributed by atoms with Crippen LogP contribution in [0, 0.1) is 0 Å². The van der Waals surface area contributed by atoms with Crippen molar-refractivity contribution in [2.24, 2.45) is 0 Å². The molecular weight excluding hydrogens is 284 g/mol. The Morgan fingerprint density at radius 3 is 2.55 bits per heavy atom. The van der Waals surface area contributed by atoms with Crippen molar-refractivity contribution in [3.8, 4) is 0 Å². The van der Waals surface area contributed by atoms with E-state index in [2.05, 4.69) is 29.6 Å². The van der Waals surface area contributed by atoms with Crippen molar-refractivity contribution >= 4 is 17.7 Å². The minimum Gasteiger partial charge on any atom is -0.481 e. The van der Waals surface area contributed by atoms with Crippen LogP contribution in [0.25, 0.3) is 0 Å². The second-order valence-electron chi connectivity index (χ2n) is 5.15. The van der Waals surface area contributed by atoms with E-state index in [9.17, 15) is 9.59 Å². The molecule has 1 aromatic heterocycles. The van der Waals surface area contributed by atoms with Gasteiger partial charge in [0.15, 0.2) is 0 Å². The van der Waals surface area contributed by atoms with E-state index in [4.69, 9.17) is 5.11 Å². The number of hydrogen-bond donors (Lipinski definition) is 3. The van der Waals surface area contributed by atoms with Gasteiger partial charge in [-0.05, 0) is 25.7 Å². The van der Waals surface area contributed by atoms with Crippen LogP contribution >= 0.6 is 0 Å². The van der Waals surface area contributed by atoms with Gasteiger partial charge in [0.25, 0.3) is 0 Å². The second kappa shape index (κ2) is 9.07. The summed E-state index contributed by atoms with van der Waals surface area (Å²) in [7, 11) is 0. The van der Waals surface area contributed by atoms with Crippen LogP contribution < -0.4 is 10.6 Å². The molecule has 0 aromatic carbocycles. The number of nitrogens with zero attached hydrogens (tertiary/aromatic N) is 2. The molecule has 0 bridgehead atoms. The zero-order valence-electron chi connectivity index (χ0n) is 13.6. The highest BCUT2D eigenvalue weighted by molar-refractivity contribution is 5.89. The highest BCUT2D eigenvalue weighted by Crippen LogP contribution is 2.23. The summed E-state index contributed by atoms with van der Waals surface area (Å²) in [6.07, 6.45) is 4.90. The SMILES string of the molecule is CCc1c(NC(=O)NCCCC(=O)O)cnn1C(CC)CC. The smallest absolute Gasteiger partial charge is 0.319 e. The van der Waals surface area contributed by atoms with E-state index in [1.54, 1.807) is 6.20 Å². The summed E-state index contributed by atoms with van der Waals surface area (Å²) < 4.78 is 1.99. The van der Waals surface area contributed by atoms with Crippen molar-refractivity contribution in [2.75, 3.05) is 11.9 Å². The first-order chi connectivity index (χ1) is 10.5. The van der Waals surface area contributed by atoms with Crippen LogP contribution in [0.5, 0.6) is 0 Å². The number of carboxylic acid groups (broad SMARTS) is 1. The first kappa shape index (κ1) is 18.0. The summed E-state index contributed by atoms with van der Waals surface area (Å²) in [5, 5.41) is 18.4. The number of anilines is 1. The molecule has 2 amide bonds. The van der Waals surface area contributed by atoms with Gasteiger partial charge in [0.05, 0.1) is 23.6 Å². The van der Waals surface area contributed by atoms with Gasteiger partial charge >= 0.3 is 12.0 Å². The van der Waals surface area contributed by atoms with Gasteiger partial charge in [0, 0.05) is 13.0 Å². The number of hydrogen-bond acceptors (Lipinski definition) is 3. The summed E-state index contributed by atoms with van der Waals surface area (Å²) in [5.41, 5.74) is 1.72. The molecular formula is C15H26N4O3. The minimum atomic E-state index is -0.859. The summed E-state index contributed by atoms with van der Waals surface area (Å²) in [5.74, 6) is -0.859. The van der Waals surface area contributed by atoms with Gasteiger partial charge in [0.2, 0.25) is 0 Å². The zero-order chi connectivity index (χ0) is 16.5. The molecule has 0 atom stereocenters. The van der Waals surface area contributed by atoms with Crippen LogP contribution in [0.4, 0.5) is 10.5 Å². The fraction of sp³-hybridized carbons (Fsp3) is 0.667. The molecule has 7 nitrogen and oxygen atoms in total. The molecule has 1 heterocycles. The molecule has 0 saturated carbocycles. The normalized spacial score (nSPS) is 10.7. The van der Waals surface area contributed by atoms with E-state index < -0.39 is 5.97 Å².